The number of rotatable bonds is 4. The Hall–Kier alpha value is -2.37. The second kappa shape index (κ2) is 8.78. The number of ether oxygens (including phenoxy) is 1. The van der Waals surface area contributed by atoms with Crippen molar-refractivity contribution in [2.75, 3.05) is 13.1 Å². The molecular formula is C23H21Cl2FN2O2. The maximum atomic E-state index is 13.5. The molecule has 0 saturated carbocycles. The van der Waals surface area contributed by atoms with Crippen molar-refractivity contribution in [1.82, 2.24) is 9.88 Å². The highest BCUT2D eigenvalue weighted by Gasteiger charge is 2.23. The van der Waals surface area contributed by atoms with E-state index in [1.165, 1.54) is 12.1 Å². The van der Waals surface area contributed by atoms with Gasteiger partial charge in [-0.05, 0) is 68.1 Å². The van der Waals surface area contributed by atoms with E-state index < -0.39 is 11.9 Å². The summed E-state index contributed by atoms with van der Waals surface area (Å²) in [7, 11) is 0. The van der Waals surface area contributed by atoms with Crippen molar-refractivity contribution in [1.29, 1.82) is 0 Å². The monoisotopic (exact) mass is 446 g/mol. The van der Waals surface area contributed by atoms with Gasteiger partial charge >= 0.3 is 0 Å². The normalized spacial score (nSPS) is 15.3. The van der Waals surface area contributed by atoms with Crippen LogP contribution in [0.3, 0.4) is 0 Å². The smallest absolute Gasteiger partial charge is 0.263 e. The highest BCUT2D eigenvalue weighted by atomic mass is 35.5. The molecule has 0 radical (unpaired) electrons. The predicted molar refractivity (Wildman–Crippen MR) is 118 cm³/mol. The molecule has 1 fully saturated rings. The maximum absolute atomic E-state index is 13.5. The molecule has 0 bridgehead atoms. The average Bonchev–Trinajstić information content (AvgIpc) is 2.73. The first kappa shape index (κ1) is 20.9. The van der Waals surface area contributed by atoms with Crippen molar-refractivity contribution in [2.45, 2.75) is 32.3 Å². The molecule has 2 aromatic carbocycles. The van der Waals surface area contributed by atoms with E-state index in [9.17, 15) is 9.18 Å². The number of carbonyl (C=O) groups is 1. The van der Waals surface area contributed by atoms with Crippen LogP contribution in [0.2, 0.25) is 10.2 Å². The Kier molecular flexibility index (Phi) is 6.11. The van der Waals surface area contributed by atoms with Gasteiger partial charge in [0, 0.05) is 30.1 Å². The number of pyridine rings is 1. The molecule has 0 spiro atoms. The minimum absolute atomic E-state index is 0.00682. The number of halogens is 3. The minimum Gasteiger partial charge on any atom is -0.481 e. The number of likely N-dealkylation sites (tertiary alicyclic amines) is 1. The van der Waals surface area contributed by atoms with Crippen LogP contribution in [-0.4, -0.2) is 35.0 Å². The molecule has 4 rings (SSSR count). The number of nitrogens with zero attached hydrogens (tertiary/aromatic N) is 2. The lowest BCUT2D eigenvalue weighted by Crippen LogP contribution is -2.43. The summed E-state index contributed by atoms with van der Waals surface area (Å²) in [6.07, 6.45) is 2.64. The van der Waals surface area contributed by atoms with Crippen LogP contribution in [0.15, 0.2) is 42.5 Å². The molecule has 30 heavy (non-hydrogen) atoms. The molecule has 1 aliphatic heterocycles. The molecule has 1 atom stereocenters. The van der Waals surface area contributed by atoms with E-state index in [1.54, 1.807) is 31.2 Å². The van der Waals surface area contributed by atoms with Crippen molar-refractivity contribution in [3.8, 4) is 16.9 Å². The van der Waals surface area contributed by atoms with Gasteiger partial charge in [0.2, 0.25) is 0 Å². The number of benzene rings is 2. The Labute approximate surface area is 184 Å². The van der Waals surface area contributed by atoms with Crippen LogP contribution in [0, 0.1) is 5.82 Å². The van der Waals surface area contributed by atoms with Crippen LogP contribution in [0.1, 0.15) is 26.2 Å². The maximum Gasteiger partial charge on any atom is 0.263 e. The highest BCUT2D eigenvalue weighted by Crippen LogP contribution is 2.36. The number of piperidine rings is 1. The molecule has 1 saturated heterocycles. The van der Waals surface area contributed by atoms with Gasteiger partial charge in [-0.3, -0.25) is 4.79 Å². The number of fused-ring (bicyclic) bond motifs is 1. The van der Waals surface area contributed by atoms with Gasteiger partial charge < -0.3 is 9.64 Å². The van der Waals surface area contributed by atoms with Gasteiger partial charge in [-0.2, -0.15) is 0 Å². The Bertz CT molecular complexity index is 1100. The molecule has 0 N–H and O–H groups in total. The van der Waals surface area contributed by atoms with E-state index in [-0.39, 0.29) is 11.1 Å². The fourth-order valence-corrected chi connectivity index (χ4v) is 4.28. The summed E-state index contributed by atoms with van der Waals surface area (Å²) in [4.78, 5) is 18.9. The Balaban J connectivity index is 1.64. The van der Waals surface area contributed by atoms with Crippen LogP contribution < -0.4 is 4.74 Å². The van der Waals surface area contributed by atoms with Crippen LogP contribution in [0.5, 0.6) is 5.75 Å². The molecule has 7 heteroatoms. The van der Waals surface area contributed by atoms with Crippen molar-refractivity contribution >= 4 is 40.0 Å². The molecule has 1 aliphatic rings. The largest absolute Gasteiger partial charge is 0.481 e. The number of carbonyl (C=O) groups excluding carboxylic acids is 1. The predicted octanol–water partition coefficient (Wildman–Crippen LogP) is 6.13. The van der Waals surface area contributed by atoms with Crippen LogP contribution in [0.4, 0.5) is 4.39 Å². The third-order valence-corrected chi connectivity index (χ3v) is 5.81. The molecular weight excluding hydrogens is 426 g/mol. The summed E-state index contributed by atoms with van der Waals surface area (Å²) >= 11 is 12.5. The number of hydrogen-bond acceptors (Lipinski definition) is 3. The van der Waals surface area contributed by atoms with Gasteiger partial charge in [0.25, 0.3) is 5.91 Å². The Morgan fingerprint density at radius 1 is 1.07 bits per heavy atom. The number of hydrogen-bond donors (Lipinski definition) is 0. The summed E-state index contributed by atoms with van der Waals surface area (Å²) in [5, 5.41) is 1.38. The standard InChI is InChI=1S/C23H21Cl2FN2O2/c1-14(23(29)28-9-3-2-4-10-28)30-16-6-8-18-19(13-22(25)27-21(18)12-16)17-7-5-15(26)11-20(17)24/h5-8,11-14H,2-4,9-10H2,1H3/t14-/m1/s1. The zero-order valence-corrected chi connectivity index (χ0v) is 18.0. The summed E-state index contributed by atoms with van der Waals surface area (Å²) in [5.74, 6) is 0.121. The quantitative estimate of drug-likeness (QED) is 0.452. The first-order chi connectivity index (χ1) is 14.4. The summed E-state index contributed by atoms with van der Waals surface area (Å²) < 4.78 is 19.4. The summed E-state index contributed by atoms with van der Waals surface area (Å²) in [5.41, 5.74) is 2.02. The average molecular weight is 447 g/mol. The van der Waals surface area contributed by atoms with Crippen molar-refractivity contribution in [2.24, 2.45) is 0 Å². The molecule has 156 valence electrons. The highest BCUT2D eigenvalue weighted by molar-refractivity contribution is 6.34. The second-order valence-electron chi connectivity index (χ2n) is 7.44. The SMILES string of the molecule is C[C@@H](Oc1ccc2c(-c3ccc(F)cc3Cl)cc(Cl)nc2c1)C(=O)N1CCCCC1. The van der Waals surface area contributed by atoms with Gasteiger partial charge in [0.05, 0.1) is 10.5 Å². The first-order valence-corrected chi connectivity index (χ1v) is 10.7. The zero-order chi connectivity index (χ0) is 21.3. The summed E-state index contributed by atoms with van der Waals surface area (Å²) in [6.45, 7) is 3.32. The molecule has 4 nitrogen and oxygen atoms in total. The Morgan fingerprint density at radius 2 is 1.83 bits per heavy atom. The van der Waals surface area contributed by atoms with Crippen LogP contribution in [0.25, 0.3) is 22.0 Å². The van der Waals surface area contributed by atoms with Crippen molar-refractivity contribution < 1.29 is 13.9 Å². The van der Waals surface area contributed by atoms with Gasteiger partial charge in [-0.25, -0.2) is 9.37 Å². The molecule has 0 unspecified atom stereocenters. The van der Waals surface area contributed by atoms with E-state index in [0.717, 1.165) is 43.3 Å². The first-order valence-electron chi connectivity index (χ1n) is 9.93. The lowest BCUT2D eigenvalue weighted by Gasteiger charge is -2.29. The van der Waals surface area contributed by atoms with Crippen molar-refractivity contribution in [3.05, 3.63) is 58.5 Å². The molecule has 2 heterocycles. The van der Waals surface area contributed by atoms with Crippen LogP contribution >= 0.6 is 23.2 Å². The third-order valence-electron chi connectivity index (χ3n) is 5.30. The molecule has 1 amide bonds. The van der Waals surface area contributed by atoms with E-state index in [2.05, 4.69) is 4.98 Å². The fourth-order valence-electron chi connectivity index (χ4n) is 3.81. The van der Waals surface area contributed by atoms with E-state index in [1.807, 2.05) is 11.0 Å². The third kappa shape index (κ3) is 4.37. The number of amides is 1. The van der Waals surface area contributed by atoms with E-state index in [4.69, 9.17) is 27.9 Å². The second-order valence-corrected chi connectivity index (χ2v) is 8.24. The van der Waals surface area contributed by atoms with E-state index >= 15 is 0 Å². The van der Waals surface area contributed by atoms with E-state index in [0.29, 0.717) is 21.9 Å². The Morgan fingerprint density at radius 3 is 2.57 bits per heavy atom. The van der Waals surface area contributed by atoms with Gasteiger partial charge in [0.15, 0.2) is 6.10 Å². The lowest BCUT2D eigenvalue weighted by atomic mass is 10.0. The van der Waals surface area contributed by atoms with Crippen LogP contribution in [-0.2, 0) is 4.79 Å². The summed E-state index contributed by atoms with van der Waals surface area (Å²) in [6, 6.07) is 11.3. The number of aromatic nitrogens is 1. The van der Waals surface area contributed by atoms with Gasteiger partial charge in [-0.1, -0.05) is 23.2 Å². The zero-order valence-electron chi connectivity index (χ0n) is 16.5. The van der Waals surface area contributed by atoms with Gasteiger partial charge in [0.1, 0.15) is 16.7 Å². The lowest BCUT2D eigenvalue weighted by molar-refractivity contribution is -0.138. The minimum atomic E-state index is -0.592. The van der Waals surface area contributed by atoms with Gasteiger partial charge in [-0.15, -0.1) is 0 Å². The molecule has 0 aliphatic carbocycles. The molecule has 1 aromatic heterocycles. The fraction of sp³-hybridized carbons (Fsp3) is 0.304. The molecule has 3 aromatic rings. The topological polar surface area (TPSA) is 42.4 Å². The van der Waals surface area contributed by atoms with Crippen molar-refractivity contribution in [3.63, 3.8) is 0 Å².